The molecule has 1 aromatic carbocycles. The van der Waals surface area contributed by atoms with Crippen molar-refractivity contribution in [2.75, 3.05) is 13.2 Å². The zero-order valence-electron chi connectivity index (χ0n) is 12.6. The molecule has 0 heterocycles. The molecule has 7 nitrogen and oxygen atoms in total. The Morgan fingerprint density at radius 1 is 1.23 bits per heavy atom. The van der Waals surface area contributed by atoms with E-state index in [1.165, 1.54) is 37.3 Å². The van der Waals surface area contributed by atoms with E-state index in [1.807, 2.05) is 0 Å². The average molecular weight is 327 g/mol. The van der Waals surface area contributed by atoms with Gasteiger partial charge < -0.3 is 9.05 Å². The molecule has 0 saturated heterocycles. The van der Waals surface area contributed by atoms with Crippen molar-refractivity contribution >= 4 is 25.1 Å². The van der Waals surface area contributed by atoms with Crippen LogP contribution in [0, 0.1) is 10.1 Å². The van der Waals surface area contributed by atoms with Crippen molar-refractivity contribution in [1.82, 2.24) is 0 Å². The third kappa shape index (κ3) is 4.59. The van der Waals surface area contributed by atoms with E-state index in [0.717, 1.165) is 0 Å². The topological polar surface area (TPSA) is 95.7 Å². The van der Waals surface area contributed by atoms with Crippen LogP contribution < -0.4 is 0 Å². The standard InChI is InChI=1S/C14H18NO6P/c1-4-20-22(19,21-5-2)14(11(3)16)10-12-6-8-13(9-7-12)15(17)18/h6-10H,4-5H2,1-3H3/b14-10-. The minimum Gasteiger partial charge on any atom is -0.305 e. The van der Waals surface area contributed by atoms with Crippen LogP contribution in [-0.2, 0) is 18.4 Å². The Balaban J connectivity index is 3.26. The van der Waals surface area contributed by atoms with E-state index >= 15 is 0 Å². The second kappa shape index (κ2) is 7.98. The lowest BCUT2D eigenvalue weighted by molar-refractivity contribution is -0.384. The van der Waals surface area contributed by atoms with Gasteiger partial charge in [-0.05, 0) is 44.5 Å². The van der Waals surface area contributed by atoms with Gasteiger partial charge in [0.1, 0.15) is 5.31 Å². The fourth-order valence-corrected chi connectivity index (χ4v) is 3.47. The number of ketones is 1. The summed E-state index contributed by atoms with van der Waals surface area (Å²) in [6, 6.07) is 5.53. The minimum absolute atomic E-state index is 0.0701. The number of non-ortho nitro benzene ring substituents is 1. The van der Waals surface area contributed by atoms with Gasteiger partial charge in [-0.1, -0.05) is 0 Å². The lowest BCUT2D eigenvalue weighted by atomic mass is 10.2. The summed E-state index contributed by atoms with van der Waals surface area (Å²) in [6.07, 6.45) is 1.37. The molecular weight excluding hydrogens is 309 g/mol. The predicted octanol–water partition coefficient (Wildman–Crippen LogP) is 3.79. The number of nitrogens with zero attached hydrogens (tertiary/aromatic N) is 1. The van der Waals surface area contributed by atoms with Crippen molar-refractivity contribution in [1.29, 1.82) is 0 Å². The highest BCUT2D eigenvalue weighted by molar-refractivity contribution is 7.60. The number of nitro benzene ring substituents is 1. The first-order valence-electron chi connectivity index (χ1n) is 6.70. The summed E-state index contributed by atoms with van der Waals surface area (Å²) in [4.78, 5) is 21.9. The Kier molecular flexibility index (Phi) is 6.61. The molecule has 0 aliphatic carbocycles. The van der Waals surface area contributed by atoms with Gasteiger partial charge in [0.25, 0.3) is 5.69 Å². The average Bonchev–Trinajstić information content (AvgIpc) is 2.45. The first kappa shape index (κ1) is 18.2. The number of Topliss-reactive ketones (excluding diaryl/α,β-unsaturated/α-hetero) is 1. The Bertz CT molecular complexity index is 613. The molecule has 0 aromatic heterocycles. The lowest BCUT2D eigenvalue weighted by Crippen LogP contribution is -2.05. The molecular formula is C14H18NO6P. The number of rotatable bonds is 8. The Hall–Kier alpha value is -1.82. The molecule has 1 rings (SSSR count). The fraction of sp³-hybridized carbons (Fsp3) is 0.357. The van der Waals surface area contributed by atoms with E-state index in [4.69, 9.17) is 9.05 Å². The number of carbonyl (C=O) groups excluding carboxylic acids is 1. The number of hydrogen-bond donors (Lipinski definition) is 0. The number of carbonyl (C=O) groups is 1. The van der Waals surface area contributed by atoms with Crippen LogP contribution >= 0.6 is 7.60 Å². The first-order valence-corrected chi connectivity index (χ1v) is 8.25. The molecule has 0 fully saturated rings. The maximum atomic E-state index is 12.7. The number of hydrogen-bond acceptors (Lipinski definition) is 6. The minimum atomic E-state index is -3.70. The summed E-state index contributed by atoms with van der Waals surface area (Å²) in [5, 5.41) is 10.5. The molecule has 1 aromatic rings. The quantitative estimate of drug-likeness (QED) is 0.312. The normalized spacial score (nSPS) is 12.2. The van der Waals surface area contributed by atoms with Crippen molar-refractivity contribution in [2.24, 2.45) is 0 Å². The molecule has 0 bridgehead atoms. The summed E-state index contributed by atoms with van der Waals surface area (Å²) >= 11 is 0. The van der Waals surface area contributed by atoms with Gasteiger partial charge in [-0.25, -0.2) is 0 Å². The highest BCUT2D eigenvalue weighted by Crippen LogP contribution is 2.56. The van der Waals surface area contributed by atoms with Crippen molar-refractivity contribution in [3.8, 4) is 0 Å². The van der Waals surface area contributed by atoms with Crippen LogP contribution in [0.1, 0.15) is 26.3 Å². The SMILES string of the molecule is CCOP(=O)(OCC)/C(=C\c1ccc([N+](=O)[O-])cc1)C(C)=O. The van der Waals surface area contributed by atoms with Crippen LogP contribution in [0.15, 0.2) is 29.6 Å². The number of nitro groups is 1. The Morgan fingerprint density at radius 3 is 2.09 bits per heavy atom. The molecule has 0 amide bonds. The molecule has 0 radical (unpaired) electrons. The van der Waals surface area contributed by atoms with Crippen LogP contribution in [0.5, 0.6) is 0 Å². The molecule has 0 aliphatic rings. The van der Waals surface area contributed by atoms with E-state index in [2.05, 4.69) is 0 Å². The second-order valence-corrected chi connectivity index (χ2v) is 6.26. The second-order valence-electron chi connectivity index (χ2n) is 4.27. The van der Waals surface area contributed by atoms with Crippen LogP contribution in [-0.4, -0.2) is 23.9 Å². The van der Waals surface area contributed by atoms with Crippen LogP contribution in [0.4, 0.5) is 5.69 Å². The van der Waals surface area contributed by atoms with Crippen molar-refractivity contribution in [2.45, 2.75) is 20.8 Å². The third-order valence-corrected chi connectivity index (χ3v) is 4.89. The Morgan fingerprint density at radius 2 is 1.73 bits per heavy atom. The maximum Gasteiger partial charge on any atom is 0.364 e. The number of benzene rings is 1. The van der Waals surface area contributed by atoms with Gasteiger partial charge in [0, 0.05) is 12.1 Å². The summed E-state index contributed by atoms with van der Waals surface area (Å²) < 4.78 is 23.0. The van der Waals surface area contributed by atoms with Crippen molar-refractivity contribution in [3.05, 3.63) is 45.3 Å². The highest BCUT2D eigenvalue weighted by atomic mass is 31.2. The molecule has 22 heavy (non-hydrogen) atoms. The fourth-order valence-electron chi connectivity index (χ4n) is 1.74. The van der Waals surface area contributed by atoms with Crippen molar-refractivity contribution < 1.29 is 23.3 Å². The van der Waals surface area contributed by atoms with Crippen LogP contribution in [0.2, 0.25) is 0 Å². The van der Waals surface area contributed by atoms with Gasteiger partial charge in [-0.2, -0.15) is 0 Å². The van der Waals surface area contributed by atoms with Gasteiger partial charge in [0.05, 0.1) is 18.1 Å². The van der Waals surface area contributed by atoms with Gasteiger partial charge in [0.2, 0.25) is 0 Å². The van der Waals surface area contributed by atoms with Crippen molar-refractivity contribution in [3.63, 3.8) is 0 Å². The maximum absolute atomic E-state index is 12.7. The summed E-state index contributed by atoms with van der Waals surface area (Å²) in [5.41, 5.74) is 0.426. The largest absolute Gasteiger partial charge is 0.364 e. The molecule has 0 spiro atoms. The van der Waals surface area contributed by atoms with Gasteiger partial charge in [-0.15, -0.1) is 0 Å². The molecule has 8 heteroatoms. The number of allylic oxidation sites excluding steroid dienone is 1. The summed E-state index contributed by atoms with van der Waals surface area (Å²) in [7, 11) is -3.70. The zero-order chi connectivity index (χ0) is 16.8. The molecule has 120 valence electrons. The first-order chi connectivity index (χ1) is 10.3. The van der Waals surface area contributed by atoms with E-state index in [9.17, 15) is 19.5 Å². The molecule has 0 aliphatic heterocycles. The monoisotopic (exact) mass is 327 g/mol. The van der Waals surface area contributed by atoms with Gasteiger partial charge in [0.15, 0.2) is 5.78 Å². The van der Waals surface area contributed by atoms with Crippen LogP contribution in [0.25, 0.3) is 6.08 Å². The predicted molar refractivity (Wildman–Crippen MR) is 82.6 cm³/mol. The molecule has 0 saturated carbocycles. The zero-order valence-corrected chi connectivity index (χ0v) is 13.5. The van der Waals surface area contributed by atoms with Crippen LogP contribution in [0.3, 0.4) is 0 Å². The molecule has 0 unspecified atom stereocenters. The molecule has 0 N–H and O–H groups in total. The van der Waals surface area contributed by atoms with E-state index in [0.29, 0.717) is 5.56 Å². The van der Waals surface area contributed by atoms with Gasteiger partial charge >= 0.3 is 7.60 Å². The lowest BCUT2D eigenvalue weighted by Gasteiger charge is -2.18. The summed E-state index contributed by atoms with van der Waals surface area (Å²) in [5.74, 6) is -0.441. The van der Waals surface area contributed by atoms with E-state index in [-0.39, 0.29) is 24.2 Å². The highest BCUT2D eigenvalue weighted by Gasteiger charge is 2.32. The summed E-state index contributed by atoms with van der Waals surface area (Å²) in [6.45, 7) is 4.82. The van der Waals surface area contributed by atoms with E-state index in [1.54, 1.807) is 13.8 Å². The Labute approximate surface area is 128 Å². The molecule has 0 atom stereocenters. The smallest absolute Gasteiger partial charge is 0.305 e. The van der Waals surface area contributed by atoms with E-state index < -0.39 is 18.3 Å². The third-order valence-electron chi connectivity index (χ3n) is 2.66. The van der Waals surface area contributed by atoms with Gasteiger partial charge in [-0.3, -0.25) is 19.5 Å².